The second kappa shape index (κ2) is 5.27. The van der Waals surface area contributed by atoms with E-state index < -0.39 is 22.2 Å². The highest BCUT2D eigenvalue weighted by Crippen LogP contribution is 2.32. The van der Waals surface area contributed by atoms with E-state index in [0.29, 0.717) is 5.69 Å². The molecule has 0 atom stereocenters. The molecule has 0 aliphatic rings. The van der Waals surface area contributed by atoms with Crippen LogP contribution in [0, 0.1) is 34.2 Å². The molecule has 0 bridgehead atoms. The zero-order valence-corrected chi connectivity index (χ0v) is 10.2. The summed E-state index contributed by atoms with van der Waals surface area (Å²) in [5.41, 5.74) is -0.106. The molecule has 7 nitrogen and oxygen atoms in total. The Morgan fingerprint density at radius 1 is 1.45 bits per heavy atom. The molecule has 0 amide bonds. The summed E-state index contributed by atoms with van der Waals surface area (Å²) < 4.78 is 18.7. The molecule has 0 fully saturated rings. The summed E-state index contributed by atoms with van der Waals surface area (Å²) in [7, 11) is 0. The number of hydrogen-bond donors (Lipinski definition) is 0. The summed E-state index contributed by atoms with van der Waals surface area (Å²) in [5.74, 6) is -1.50. The topological polar surface area (TPSA) is 102 Å². The zero-order chi connectivity index (χ0) is 14.7. The van der Waals surface area contributed by atoms with Crippen LogP contribution in [-0.2, 0) is 0 Å². The Labute approximate surface area is 112 Å². The van der Waals surface area contributed by atoms with E-state index in [9.17, 15) is 14.5 Å². The third kappa shape index (κ3) is 2.67. The van der Waals surface area contributed by atoms with Gasteiger partial charge in [0.1, 0.15) is 11.8 Å². The van der Waals surface area contributed by atoms with Crippen molar-refractivity contribution in [1.82, 2.24) is 9.97 Å². The average molecular weight is 274 g/mol. The number of halogens is 1. The summed E-state index contributed by atoms with van der Waals surface area (Å²) in [6.45, 7) is 1.59. The maximum Gasteiger partial charge on any atom is 0.323 e. The number of aryl methyl sites for hydroxylation is 1. The lowest BCUT2D eigenvalue weighted by molar-refractivity contribution is -0.385. The predicted molar refractivity (Wildman–Crippen MR) is 64.6 cm³/mol. The molecule has 100 valence electrons. The fourth-order valence-electron chi connectivity index (χ4n) is 1.48. The first-order chi connectivity index (χ1) is 9.51. The van der Waals surface area contributed by atoms with Gasteiger partial charge in [-0.05, 0) is 19.1 Å². The molecule has 2 rings (SSSR count). The van der Waals surface area contributed by atoms with E-state index >= 15 is 0 Å². The molecule has 0 aliphatic heterocycles. The third-order valence-electron chi connectivity index (χ3n) is 2.28. The van der Waals surface area contributed by atoms with E-state index in [1.54, 1.807) is 13.0 Å². The van der Waals surface area contributed by atoms with Crippen molar-refractivity contribution in [2.45, 2.75) is 6.92 Å². The number of nitro groups is 1. The molecule has 0 radical (unpaired) electrons. The largest absolute Gasteiger partial charge is 0.414 e. The van der Waals surface area contributed by atoms with E-state index in [1.807, 2.05) is 0 Å². The normalized spacial score (nSPS) is 9.85. The molecule has 0 aliphatic carbocycles. The van der Waals surface area contributed by atoms with Gasteiger partial charge < -0.3 is 4.74 Å². The summed E-state index contributed by atoms with van der Waals surface area (Å²) in [6, 6.07) is 6.17. The molecule has 0 unspecified atom stereocenters. The van der Waals surface area contributed by atoms with Gasteiger partial charge in [0.25, 0.3) is 0 Å². The van der Waals surface area contributed by atoms with Gasteiger partial charge in [0.15, 0.2) is 5.82 Å². The zero-order valence-electron chi connectivity index (χ0n) is 10.2. The van der Waals surface area contributed by atoms with Gasteiger partial charge in [0, 0.05) is 11.8 Å². The van der Waals surface area contributed by atoms with E-state index in [-0.39, 0.29) is 11.7 Å². The molecular weight excluding hydrogens is 267 g/mol. The van der Waals surface area contributed by atoms with E-state index in [0.717, 1.165) is 12.1 Å². The molecule has 0 N–H and O–H groups in total. The van der Waals surface area contributed by atoms with Crippen molar-refractivity contribution in [3.05, 3.63) is 51.6 Å². The predicted octanol–water partition coefficient (Wildman–Crippen LogP) is 2.50. The summed E-state index contributed by atoms with van der Waals surface area (Å²) >= 11 is 0. The number of nitriles is 1. The van der Waals surface area contributed by atoms with Crippen LogP contribution in [-0.4, -0.2) is 14.9 Å². The molecule has 1 aromatic carbocycles. The van der Waals surface area contributed by atoms with Gasteiger partial charge in [-0.2, -0.15) is 10.2 Å². The minimum absolute atomic E-state index is 0.0199. The van der Waals surface area contributed by atoms with E-state index in [2.05, 4.69) is 9.97 Å². The number of benzene rings is 1. The van der Waals surface area contributed by atoms with Crippen molar-refractivity contribution in [2.24, 2.45) is 0 Å². The molecule has 1 aromatic heterocycles. The Balaban J connectivity index is 2.48. The number of hydrogen-bond acceptors (Lipinski definition) is 6. The Morgan fingerprint density at radius 3 is 2.85 bits per heavy atom. The van der Waals surface area contributed by atoms with Gasteiger partial charge in [-0.1, -0.05) is 6.07 Å². The summed E-state index contributed by atoms with van der Waals surface area (Å²) in [6.07, 6.45) is 0. The quantitative estimate of drug-likeness (QED) is 0.629. The van der Waals surface area contributed by atoms with Crippen molar-refractivity contribution in [3.63, 3.8) is 0 Å². The third-order valence-corrected chi connectivity index (χ3v) is 2.28. The highest BCUT2D eigenvalue weighted by Gasteiger charge is 2.21. The van der Waals surface area contributed by atoms with Crippen LogP contribution in [0.2, 0.25) is 0 Å². The number of aromatic nitrogens is 2. The highest BCUT2D eigenvalue weighted by atomic mass is 19.1. The first-order valence-corrected chi connectivity index (χ1v) is 5.38. The molecule has 0 saturated carbocycles. The standard InChI is InChI=1S/C12H7FN4O3/c1-7-5-8(6-14)16-12(15-7)20-11-9(13)3-2-4-10(11)17(18)19/h2-5H,1H3. The fraction of sp³-hybridized carbons (Fsp3) is 0.0833. The Kier molecular flexibility index (Phi) is 3.52. The van der Waals surface area contributed by atoms with Gasteiger partial charge in [0.05, 0.1) is 4.92 Å². The van der Waals surface area contributed by atoms with Crippen LogP contribution in [0.25, 0.3) is 0 Å². The van der Waals surface area contributed by atoms with E-state index in [1.165, 1.54) is 12.1 Å². The van der Waals surface area contributed by atoms with Crippen LogP contribution in [0.5, 0.6) is 11.8 Å². The summed E-state index contributed by atoms with van der Waals surface area (Å²) in [5, 5.41) is 19.6. The maximum absolute atomic E-state index is 13.6. The first kappa shape index (κ1) is 13.4. The first-order valence-electron chi connectivity index (χ1n) is 5.38. The van der Waals surface area contributed by atoms with Gasteiger partial charge in [-0.3, -0.25) is 10.1 Å². The number of ether oxygens (including phenoxy) is 1. The molecular formula is C12H7FN4O3. The van der Waals surface area contributed by atoms with E-state index in [4.69, 9.17) is 10.00 Å². The maximum atomic E-state index is 13.6. The molecule has 1 heterocycles. The Morgan fingerprint density at radius 2 is 2.20 bits per heavy atom. The van der Waals surface area contributed by atoms with Crippen molar-refractivity contribution >= 4 is 5.69 Å². The van der Waals surface area contributed by atoms with Crippen LogP contribution < -0.4 is 4.74 Å². The summed E-state index contributed by atoms with van der Waals surface area (Å²) in [4.78, 5) is 17.6. The lowest BCUT2D eigenvalue weighted by atomic mass is 10.3. The van der Waals surface area contributed by atoms with Crippen molar-refractivity contribution < 1.29 is 14.1 Å². The molecule has 0 saturated heterocycles. The van der Waals surface area contributed by atoms with Crippen molar-refractivity contribution in [1.29, 1.82) is 5.26 Å². The van der Waals surface area contributed by atoms with Gasteiger partial charge in [-0.15, -0.1) is 0 Å². The fourth-order valence-corrected chi connectivity index (χ4v) is 1.48. The van der Waals surface area contributed by atoms with Gasteiger partial charge in [-0.25, -0.2) is 9.37 Å². The van der Waals surface area contributed by atoms with Crippen molar-refractivity contribution in [2.75, 3.05) is 0 Å². The number of nitrogens with zero attached hydrogens (tertiary/aromatic N) is 4. The number of rotatable bonds is 3. The lowest BCUT2D eigenvalue weighted by Crippen LogP contribution is -2.00. The molecule has 0 spiro atoms. The van der Waals surface area contributed by atoms with Crippen molar-refractivity contribution in [3.8, 4) is 17.8 Å². The van der Waals surface area contributed by atoms with Crippen LogP contribution in [0.1, 0.15) is 11.4 Å². The lowest BCUT2D eigenvalue weighted by Gasteiger charge is -2.06. The second-order valence-electron chi connectivity index (χ2n) is 3.74. The monoisotopic (exact) mass is 274 g/mol. The number of para-hydroxylation sites is 1. The van der Waals surface area contributed by atoms with Crippen LogP contribution in [0.15, 0.2) is 24.3 Å². The van der Waals surface area contributed by atoms with Crippen LogP contribution in [0.3, 0.4) is 0 Å². The highest BCUT2D eigenvalue weighted by molar-refractivity contribution is 5.48. The Hall–Kier alpha value is -3.08. The second-order valence-corrected chi connectivity index (χ2v) is 3.74. The van der Waals surface area contributed by atoms with Crippen LogP contribution in [0.4, 0.5) is 10.1 Å². The minimum atomic E-state index is -0.914. The van der Waals surface area contributed by atoms with Gasteiger partial charge >= 0.3 is 11.7 Å². The SMILES string of the molecule is Cc1cc(C#N)nc(Oc2c(F)cccc2[N+](=O)[O-])n1. The Bertz CT molecular complexity index is 727. The number of nitro benzene ring substituents is 1. The minimum Gasteiger partial charge on any atom is -0.414 e. The van der Waals surface area contributed by atoms with Gasteiger partial charge in [0.2, 0.25) is 5.75 Å². The molecule has 8 heteroatoms. The smallest absolute Gasteiger partial charge is 0.323 e. The van der Waals surface area contributed by atoms with Crippen LogP contribution >= 0.6 is 0 Å². The molecule has 20 heavy (non-hydrogen) atoms. The molecule has 2 aromatic rings. The average Bonchev–Trinajstić information content (AvgIpc) is 2.40.